The average Bonchev–Trinajstić information content (AvgIpc) is 2.39. The van der Waals surface area contributed by atoms with Gasteiger partial charge in [0.25, 0.3) is 11.6 Å². The second-order valence-electron chi connectivity index (χ2n) is 4.51. The Morgan fingerprint density at radius 3 is 2.85 bits per heavy atom. The van der Waals surface area contributed by atoms with Crippen LogP contribution in [0.4, 0.5) is 11.4 Å². The van der Waals surface area contributed by atoms with Gasteiger partial charge in [0.05, 0.1) is 10.5 Å². The summed E-state index contributed by atoms with van der Waals surface area (Å²) in [7, 11) is 0. The summed E-state index contributed by atoms with van der Waals surface area (Å²) in [4.78, 5) is 22.2. The highest BCUT2D eigenvalue weighted by Gasteiger charge is 2.21. The van der Waals surface area contributed by atoms with Gasteiger partial charge in [0.2, 0.25) is 0 Å². The largest absolute Gasteiger partial charge is 0.393 e. The third-order valence-electron chi connectivity index (χ3n) is 3.16. The number of para-hydroxylation sites is 1. The number of rotatable bonds is 3. The molecule has 8 heteroatoms. The van der Waals surface area contributed by atoms with E-state index in [4.69, 9.17) is 5.73 Å². The smallest absolute Gasteiger partial charge is 0.292 e. The molecule has 0 spiro atoms. The van der Waals surface area contributed by atoms with E-state index in [1.165, 1.54) is 18.2 Å². The molecule has 7 nitrogen and oxygen atoms in total. The Hall–Kier alpha value is -1.86. The molecule has 1 saturated heterocycles. The van der Waals surface area contributed by atoms with E-state index >= 15 is 0 Å². The molecular weight excluding hydrogens is 284 g/mol. The summed E-state index contributed by atoms with van der Waals surface area (Å²) in [6.07, 6.45) is 1.89. The number of amides is 1. The zero-order valence-corrected chi connectivity index (χ0v) is 11.6. The van der Waals surface area contributed by atoms with Gasteiger partial charge in [0.1, 0.15) is 5.69 Å². The molecule has 0 radical (unpaired) electrons. The summed E-state index contributed by atoms with van der Waals surface area (Å²) in [5.74, 6) is -0.366. The fourth-order valence-electron chi connectivity index (χ4n) is 2.15. The van der Waals surface area contributed by atoms with Crippen LogP contribution in [0.15, 0.2) is 18.2 Å². The van der Waals surface area contributed by atoms with Crippen molar-refractivity contribution >= 4 is 29.7 Å². The topological polar surface area (TPSA) is 110 Å². The number of halogens is 1. The van der Waals surface area contributed by atoms with Crippen LogP contribution in [-0.2, 0) is 0 Å². The van der Waals surface area contributed by atoms with Crippen molar-refractivity contribution < 1.29 is 9.72 Å². The lowest BCUT2D eigenvalue weighted by Crippen LogP contribution is -2.45. The molecule has 2 rings (SSSR count). The number of piperidine rings is 1. The highest BCUT2D eigenvalue weighted by molar-refractivity contribution is 6.01. The minimum Gasteiger partial charge on any atom is -0.393 e. The Kier molecular flexibility index (Phi) is 5.72. The van der Waals surface area contributed by atoms with Crippen LogP contribution >= 0.6 is 12.4 Å². The van der Waals surface area contributed by atoms with Gasteiger partial charge in [-0.2, -0.15) is 0 Å². The first kappa shape index (κ1) is 16.2. The number of nitrogens with one attached hydrogen (secondary N) is 2. The van der Waals surface area contributed by atoms with Crippen molar-refractivity contribution in [2.24, 2.45) is 0 Å². The fourth-order valence-corrected chi connectivity index (χ4v) is 2.15. The predicted octanol–water partition coefficient (Wildman–Crippen LogP) is 1.08. The van der Waals surface area contributed by atoms with Crippen molar-refractivity contribution in [3.05, 3.63) is 33.9 Å². The summed E-state index contributed by atoms with van der Waals surface area (Å²) in [6.45, 7) is 1.66. The normalized spacial score (nSPS) is 17.9. The van der Waals surface area contributed by atoms with Crippen LogP contribution in [0.5, 0.6) is 0 Å². The molecule has 1 heterocycles. The SMILES string of the molecule is Cl.Nc1c(C(=O)N[C@H]2CCCNC2)cccc1[N+](=O)[O-]. The van der Waals surface area contributed by atoms with Crippen LogP contribution < -0.4 is 16.4 Å². The Labute approximate surface area is 122 Å². The number of nitrogen functional groups attached to an aromatic ring is 1. The van der Waals surface area contributed by atoms with Crippen molar-refractivity contribution in [2.75, 3.05) is 18.8 Å². The third kappa shape index (κ3) is 3.58. The van der Waals surface area contributed by atoms with Crippen LogP contribution in [0.25, 0.3) is 0 Å². The number of hydrogen-bond donors (Lipinski definition) is 3. The van der Waals surface area contributed by atoms with E-state index in [2.05, 4.69) is 10.6 Å². The number of hydrogen-bond acceptors (Lipinski definition) is 5. The van der Waals surface area contributed by atoms with Crippen LogP contribution in [0, 0.1) is 10.1 Å². The van der Waals surface area contributed by atoms with E-state index in [1.54, 1.807) is 0 Å². The molecule has 1 aromatic carbocycles. The zero-order chi connectivity index (χ0) is 13.8. The summed E-state index contributed by atoms with van der Waals surface area (Å²) in [5, 5.41) is 16.8. The Balaban J connectivity index is 0.00000200. The molecule has 0 bridgehead atoms. The number of nitrogens with two attached hydrogens (primary N) is 1. The van der Waals surface area contributed by atoms with Gasteiger partial charge in [-0.15, -0.1) is 12.4 Å². The molecule has 0 aromatic heterocycles. The average molecular weight is 301 g/mol. The van der Waals surface area contributed by atoms with Gasteiger partial charge in [-0.1, -0.05) is 6.07 Å². The van der Waals surface area contributed by atoms with Crippen molar-refractivity contribution in [2.45, 2.75) is 18.9 Å². The lowest BCUT2D eigenvalue weighted by atomic mass is 10.1. The molecule has 0 saturated carbocycles. The Bertz CT molecular complexity index is 503. The number of carbonyl (C=O) groups excluding carboxylic acids is 1. The molecule has 1 atom stereocenters. The molecule has 1 amide bonds. The lowest BCUT2D eigenvalue weighted by Gasteiger charge is -2.24. The van der Waals surface area contributed by atoms with Crippen LogP contribution in [-0.4, -0.2) is 30.0 Å². The molecule has 1 fully saturated rings. The molecule has 0 aliphatic carbocycles. The van der Waals surface area contributed by atoms with Crippen LogP contribution in [0.2, 0.25) is 0 Å². The monoisotopic (exact) mass is 300 g/mol. The first-order chi connectivity index (χ1) is 9.09. The van der Waals surface area contributed by atoms with Crippen molar-refractivity contribution in [3.63, 3.8) is 0 Å². The second kappa shape index (κ2) is 7.06. The van der Waals surface area contributed by atoms with E-state index in [-0.39, 0.29) is 41.3 Å². The third-order valence-corrected chi connectivity index (χ3v) is 3.16. The predicted molar refractivity (Wildman–Crippen MR) is 78.1 cm³/mol. The van der Waals surface area contributed by atoms with Crippen molar-refractivity contribution in [1.29, 1.82) is 0 Å². The minimum absolute atomic E-state index is 0. The molecule has 0 unspecified atom stereocenters. The second-order valence-corrected chi connectivity index (χ2v) is 4.51. The highest BCUT2D eigenvalue weighted by Crippen LogP contribution is 2.24. The summed E-state index contributed by atoms with van der Waals surface area (Å²) in [6, 6.07) is 4.28. The number of nitrogens with zero attached hydrogens (tertiary/aromatic N) is 1. The molecule has 1 aromatic rings. The maximum absolute atomic E-state index is 12.1. The van der Waals surface area contributed by atoms with Crippen molar-refractivity contribution in [3.8, 4) is 0 Å². The zero-order valence-electron chi connectivity index (χ0n) is 10.8. The van der Waals surface area contributed by atoms with E-state index < -0.39 is 4.92 Å². The van der Waals surface area contributed by atoms with Crippen LogP contribution in [0.1, 0.15) is 23.2 Å². The first-order valence-corrected chi connectivity index (χ1v) is 6.14. The number of nitro groups is 1. The van der Waals surface area contributed by atoms with E-state index in [1.807, 2.05) is 0 Å². The van der Waals surface area contributed by atoms with E-state index in [0.717, 1.165) is 19.4 Å². The van der Waals surface area contributed by atoms with Gasteiger partial charge < -0.3 is 16.4 Å². The molecular formula is C12H17ClN4O3. The summed E-state index contributed by atoms with van der Waals surface area (Å²) < 4.78 is 0. The Morgan fingerprint density at radius 2 is 2.25 bits per heavy atom. The van der Waals surface area contributed by atoms with Gasteiger partial charge in [0, 0.05) is 18.7 Å². The number of carbonyl (C=O) groups is 1. The molecule has 110 valence electrons. The van der Waals surface area contributed by atoms with E-state index in [0.29, 0.717) is 6.54 Å². The van der Waals surface area contributed by atoms with Crippen LogP contribution in [0.3, 0.4) is 0 Å². The van der Waals surface area contributed by atoms with Gasteiger partial charge >= 0.3 is 0 Å². The summed E-state index contributed by atoms with van der Waals surface area (Å²) >= 11 is 0. The molecule has 1 aliphatic heterocycles. The quantitative estimate of drug-likeness (QED) is 0.439. The van der Waals surface area contributed by atoms with Gasteiger partial charge in [0.15, 0.2) is 0 Å². The molecule has 4 N–H and O–H groups in total. The highest BCUT2D eigenvalue weighted by atomic mass is 35.5. The minimum atomic E-state index is -0.589. The number of anilines is 1. The maximum Gasteiger partial charge on any atom is 0.292 e. The fraction of sp³-hybridized carbons (Fsp3) is 0.417. The Morgan fingerprint density at radius 1 is 1.50 bits per heavy atom. The molecule has 1 aliphatic rings. The van der Waals surface area contributed by atoms with Gasteiger partial charge in [-0.25, -0.2) is 0 Å². The standard InChI is InChI=1S/C12H16N4O3.ClH/c13-11-9(4-1-5-10(11)16(18)19)12(17)15-8-3-2-6-14-7-8;/h1,4-5,8,14H,2-3,6-7,13H2,(H,15,17);1H/t8-;/m0./s1. The lowest BCUT2D eigenvalue weighted by molar-refractivity contribution is -0.383. The number of benzene rings is 1. The maximum atomic E-state index is 12.1. The van der Waals surface area contributed by atoms with Crippen molar-refractivity contribution in [1.82, 2.24) is 10.6 Å². The molecule has 20 heavy (non-hydrogen) atoms. The van der Waals surface area contributed by atoms with E-state index in [9.17, 15) is 14.9 Å². The summed E-state index contributed by atoms with van der Waals surface area (Å²) in [5.41, 5.74) is 5.49. The first-order valence-electron chi connectivity index (χ1n) is 6.14. The van der Waals surface area contributed by atoms with Gasteiger partial charge in [-0.3, -0.25) is 14.9 Å². The number of nitro benzene ring substituents is 1. The van der Waals surface area contributed by atoms with Gasteiger partial charge in [-0.05, 0) is 25.5 Å².